The highest BCUT2D eigenvalue weighted by atomic mass is 35.5. The summed E-state index contributed by atoms with van der Waals surface area (Å²) >= 11 is 7.19. The lowest BCUT2D eigenvalue weighted by Gasteiger charge is -2.17. The van der Waals surface area contributed by atoms with Gasteiger partial charge in [-0.15, -0.1) is 5.10 Å². The van der Waals surface area contributed by atoms with Gasteiger partial charge in [0.25, 0.3) is 11.5 Å². The second-order valence-corrected chi connectivity index (χ2v) is 10.2. The van der Waals surface area contributed by atoms with Crippen LogP contribution in [0.15, 0.2) is 82.0 Å². The molecule has 1 aliphatic rings. The van der Waals surface area contributed by atoms with Crippen LogP contribution in [0.1, 0.15) is 16.7 Å². The first kappa shape index (κ1) is 22.0. The second kappa shape index (κ2) is 8.12. The number of aromatic nitrogens is 3. The molecule has 0 fully saturated rings. The molecule has 0 unspecified atom stereocenters. The summed E-state index contributed by atoms with van der Waals surface area (Å²) in [5, 5.41) is 6.07. The zero-order valence-electron chi connectivity index (χ0n) is 19.4. The Hall–Kier alpha value is -4.27. The summed E-state index contributed by atoms with van der Waals surface area (Å²) in [6.45, 7) is 2.31. The van der Waals surface area contributed by atoms with Crippen molar-refractivity contribution in [2.24, 2.45) is 0 Å². The lowest BCUT2D eigenvalue weighted by molar-refractivity contribution is -0.113. The van der Waals surface area contributed by atoms with Crippen LogP contribution in [-0.2, 0) is 11.3 Å². The van der Waals surface area contributed by atoms with Gasteiger partial charge in [-0.3, -0.25) is 9.59 Å². The quantitative estimate of drug-likeness (QED) is 0.326. The van der Waals surface area contributed by atoms with Crippen molar-refractivity contribution in [2.45, 2.75) is 13.5 Å². The lowest BCUT2D eigenvalue weighted by atomic mass is 10.1. The van der Waals surface area contributed by atoms with Crippen molar-refractivity contribution in [1.29, 1.82) is 0 Å². The monoisotopic (exact) mass is 524 g/mol. The zero-order chi connectivity index (χ0) is 25.3. The SMILES string of the molecule is Cc1c(-c2nc3sc(=C4C(=O)N(Cc5ccc(Cl)cc5)c5ccccc54)c(=O)n3n2)oc2ccccc12. The number of aryl methyl sites for hydroxylation is 1. The number of carbonyl (C=O) groups excluding carboxylic acids is 1. The molecule has 4 heterocycles. The molecule has 37 heavy (non-hydrogen) atoms. The number of nitrogens with zero attached hydrogens (tertiary/aromatic N) is 4. The van der Waals surface area contributed by atoms with Crippen LogP contribution in [0.3, 0.4) is 0 Å². The fraction of sp³-hybridized carbons (Fsp3) is 0.0714. The number of rotatable bonds is 3. The smallest absolute Gasteiger partial charge is 0.291 e. The molecule has 0 saturated heterocycles. The van der Waals surface area contributed by atoms with Crippen LogP contribution in [0.2, 0.25) is 5.02 Å². The molecule has 0 radical (unpaired) electrons. The van der Waals surface area contributed by atoms with Crippen LogP contribution >= 0.6 is 22.9 Å². The summed E-state index contributed by atoms with van der Waals surface area (Å²) in [7, 11) is 0. The number of amides is 1. The van der Waals surface area contributed by atoms with Gasteiger partial charge in [-0.2, -0.15) is 9.50 Å². The number of hydrogen-bond donors (Lipinski definition) is 0. The van der Waals surface area contributed by atoms with Crippen LogP contribution in [0.4, 0.5) is 5.69 Å². The Labute approximate surface area is 218 Å². The Bertz CT molecular complexity index is 1990. The molecule has 9 heteroatoms. The Kier molecular flexibility index (Phi) is 4.82. The molecular weight excluding hydrogens is 508 g/mol. The fourth-order valence-electron chi connectivity index (χ4n) is 4.80. The summed E-state index contributed by atoms with van der Waals surface area (Å²) in [5.74, 6) is 0.643. The number of para-hydroxylation sites is 2. The topological polar surface area (TPSA) is 80.7 Å². The number of thiazole rings is 1. The van der Waals surface area contributed by atoms with E-state index in [1.165, 1.54) is 4.52 Å². The molecule has 0 atom stereocenters. The first-order valence-corrected chi connectivity index (χ1v) is 12.8. The van der Waals surface area contributed by atoms with E-state index in [2.05, 4.69) is 10.1 Å². The molecule has 7 nitrogen and oxygen atoms in total. The van der Waals surface area contributed by atoms with E-state index in [0.717, 1.165) is 44.7 Å². The minimum absolute atomic E-state index is 0.230. The first-order chi connectivity index (χ1) is 18.0. The third-order valence-electron chi connectivity index (χ3n) is 6.61. The Morgan fingerprint density at radius 1 is 0.973 bits per heavy atom. The van der Waals surface area contributed by atoms with Gasteiger partial charge in [-0.1, -0.05) is 71.5 Å². The van der Waals surface area contributed by atoms with Crippen molar-refractivity contribution in [2.75, 3.05) is 4.90 Å². The van der Waals surface area contributed by atoms with E-state index >= 15 is 0 Å². The maximum absolute atomic E-state index is 13.7. The van der Waals surface area contributed by atoms with Gasteiger partial charge in [0, 0.05) is 21.5 Å². The number of anilines is 1. The van der Waals surface area contributed by atoms with E-state index in [4.69, 9.17) is 16.0 Å². The molecule has 1 aliphatic heterocycles. The largest absolute Gasteiger partial charge is 0.452 e. The molecule has 3 aromatic carbocycles. The van der Waals surface area contributed by atoms with Crippen LogP contribution in [0, 0.1) is 6.92 Å². The molecule has 0 N–H and O–H groups in total. The van der Waals surface area contributed by atoms with Gasteiger partial charge in [-0.25, -0.2) is 0 Å². The summed E-state index contributed by atoms with van der Waals surface area (Å²) in [4.78, 5) is 33.9. The number of benzene rings is 3. The van der Waals surface area contributed by atoms with Gasteiger partial charge in [-0.05, 0) is 36.8 Å². The molecule has 0 spiro atoms. The van der Waals surface area contributed by atoms with E-state index in [1.54, 1.807) is 17.0 Å². The van der Waals surface area contributed by atoms with E-state index in [9.17, 15) is 9.59 Å². The first-order valence-electron chi connectivity index (χ1n) is 11.6. The van der Waals surface area contributed by atoms with Gasteiger partial charge in [0.1, 0.15) is 10.1 Å². The standard InChI is InChI=1S/C28H17ClN4O3S/c1-15-18-6-3-5-9-21(18)36-23(15)25-30-28-33(31-25)27(35)24(37-28)22-19-7-2-4-8-20(19)32(26(22)34)14-16-10-12-17(29)13-11-16/h2-13H,14H2,1H3. The molecule has 6 aromatic rings. The van der Waals surface area contributed by atoms with E-state index < -0.39 is 0 Å². The predicted octanol–water partition coefficient (Wildman–Crippen LogP) is 4.99. The molecule has 3 aromatic heterocycles. The minimum Gasteiger partial charge on any atom is -0.452 e. The third-order valence-corrected chi connectivity index (χ3v) is 7.89. The van der Waals surface area contributed by atoms with E-state index in [0.29, 0.717) is 38.2 Å². The average Bonchev–Trinajstić information content (AvgIpc) is 3.62. The predicted molar refractivity (Wildman–Crippen MR) is 144 cm³/mol. The van der Waals surface area contributed by atoms with Crippen LogP contribution < -0.4 is 15.0 Å². The summed E-state index contributed by atoms with van der Waals surface area (Å²) in [6.07, 6.45) is 0. The third kappa shape index (κ3) is 3.33. The van der Waals surface area contributed by atoms with Gasteiger partial charge in [0.15, 0.2) is 5.76 Å². The summed E-state index contributed by atoms with van der Waals surface area (Å²) < 4.78 is 7.56. The normalized spacial score (nSPS) is 14.8. The fourth-order valence-corrected chi connectivity index (χ4v) is 5.92. The van der Waals surface area contributed by atoms with Gasteiger partial charge < -0.3 is 9.32 Å². The van der Waals surface area contributed by atoms with Crippen LogP contribution in [0.25, 0.3) is 33.1 Å². The molecular formula is C28H17ClN4O3S. The molecule has 0 aliphatic carbocycles. The highest BCUT2D eigenvalue weighted by molar-refractivity contribution is 7.15. The van der Waals surface area contributed by atoms with Crippen LogP contribution in [-0.4, -0.2) is 20.5 Å². The Balaban J connectivity index is 1.36. The molecule has 180 valence electrons. The van der Waals surface area contributed by atoms with E-state index in [-0.39, 0.29) is 11.5 Å². The van der Waals surface area contributed by atoms with Crippen molar-refractivity contribution in [1.82, 2.24) is 14.6 Å². The van der Waals surface area contributed by atoms with Crippen molar-refractivity contribution < 1.29 is 9.21 Å². The zero-order valence-corrected chi connectivity index (χ0v) is 21.0. The number of furan rings is 1. The second-order valence-electron chi connectivity index (χ2n) is 8.83. The number of hydrogen-bond acceptors (Lipinski definition) is 6. The Morgan fingerprint density at radius 3 is 2.51 bits per heavy atom. The van der Waals surface area contributed by atoms with Crippen molar-refractivity contribution in [3.8, 4) is 11.6 Å². The molecule has 7 rings (SSSR count). The van der Waals surface area contributed by atoms with Crippen LogP contribution in [0.5, 0.6) is 0 Å². The Morgan fingerprint density at radius 2 is 1.73 bits per heavy atom. The van der Waals surface area contributed by atoms with Crippen molar-refractivity contribution >= 4 is 56.0 Å². The number of carbonyl (C=O) groups is 1. The summed E-state index contributed by atoms with van der Waals surface area (Å²) in [5.41, 5.74) is 4.05. The minimum atomic E-state index is -0.376. The summed E-state index contributed by atoms with van der Waals surface area (Å²) in [6, 6.07) is 22.6. The molecule has 1 amide bonds. The maximum Gasteiger partial charge on any atom is 0.291 e. The molecule has 0 saturated carbocycles. The van der Waals surface area contributed by atoms with Gasteiger partial charge >= 0.3 is 0 Å². The van der Waals surface area contributed by atoms with E-state index in [1.807, 2.05) is 67.6 Å². The number of fused-ring (bicyclic) bond motifs is 3. The molecule has 0 bridgehead atoms. The van der Waals surface area contributed by atoms with Crippen molar-refractivity contribution in [3.05, 3.63) is 109 Å². The van der Waals surface area contributed by atoms with Gasteiger partial charge in [0.05, 0.1) is 17.8 Å². The maximum atomic E-state index is 13.7. The number of halogens is 1. The highest BCUT2D eigenvalue weighted by Crippen LogP contribution is 2.36. The van der Waals surface area contributed by atoms with Gasteiger partial charge in [0.2, 0.25) is 10.8 Å². The van der Waals surface area contributed by atoms with Crippen molar-refractivity contribution in [3.63, 3.8) is 0 Å². The highest BCUT2D eigenvalue weighted by Gasteiger charge is 2.34. The average molecular weight is 525 g/mol. The lowest BCUT2D eigenvalue weighted by Crippen LogP contribution is -2.32.